The molecular weight excluding hydrogens is 348 g/mol. The monoisotopic (exact) mass is 370 g/mol. The average Bonchev–Trinajstić information content (AvgIpc) is 3.31. The van der Waals surface area contributed by atoms with Gasteiger partial charge < -0.3 is 9.26 Å². The number of methoxy groups -OCH3 is 1. The molecule has 7 heteroatoms. The Balaban J connectivity index is 1.45. The van der Waals surface area contributed by atoms with Gasteiger partial charge in [-0.3, -0.25) is 4.90 Å². The minimum Gasteiger partial charge on any atom is -0.496 e. The van der Waals surface area contributed by atoms with Crippen LogP contribution in [-0.2, 0) is 6.54 Å². The highest BCUT2D eigenvalue weighted by atomic mass is 32.1. The summed E-state index contributed by atoms with van der Waals surface area (Å²) < 4.78 is 10.6. The van der Waals surface area contributed by atoms with Crippen LogP contribution in [0.25, 0.3) is 10.6 Å². The first-order valence-electron chi connectivity index (χ1n) is 8.83. The number of benzene rings is 1. The van der Waals surface area contributed by atoms with E-state index in [9.17, 15) is 0 Å². The molecular formula is C19H22N4O2S. The minimum absolute atomic E-state index is 0.350. The first-order chi connectivity index (χ1) is 12.7. The van der Waals surface area contributed by atoms with Gasteiger partial charge in [-0.2, -0.15) is 4.98 Å². The normalized spacial score (nSPS) is 18.2. The van der Waals surface area contributed by atoms with Crippen molar-refractivity contribution in [3.8, 4) is 16.3 Å². The summed E-state index contributed by atoms with van der Waals surface area (Å²) in [6.07, 6.45) is 4.25. The largest absolute Gasteiger partial charge is 0.496 e. The van der Waals surface area contributed by atoms with Gasteiger partial charge in [-0.1, -0.05) is 17.3 Å². The zero-order valence-electron chi connectivity index (χ0n) is 15.0. The second-order valence-corrected chi connectivity index (χ2v) is 7.69. The molecule has 0 N–H and O–H groups in total. The highest BCUT2D eigenvalue weighted by Gasteiger charge is 2.25. The molecule has 1 aliphatic heterocycles. The van der Waals surface area contributed by atoms with Crippen molar-refractivity contribution in [2.24, 2.45) is 0 Å². The first-order valence-corrected chi connectivity index (χ1v) is 9.65. The fourth-order valence-electron chi connectivity index (χ4n) is 3.44. The first kappa shape index (κ1) is 17.2. The molecule has 2 aromatic heterocycles. The molecule has 0 spiro atoms. The topological polar surface area (TPSA) is 64.3 Å². The van der Waals surface area contributed by atoms with Crippen LogP contribution in [0, 0.1) is 6.92 Å². The van der Waals surface area contributed by atoms with Gasteiger partial charge in [0, 0.05) is 37.0 Å². The second kappa shape index (κ2) is 7.55. The summed E-state index contributed by atoms with van der Waals surface area (Å²) in [6, 6.07) is 8.01. The molecule has 1 aromatic carbocycles. The molecule has 0 aliphatic carbocycles. The van der Waals surface area contributed by atoms with Crippen LogP contribution < -0.4 is 4.74 Å². The van der Waals surface area contributed by atoms with Crippen LogP contribution in [0.5, 0.6) is 5.75 Å². The molecule has 1 aliphatic rings. The van der Waals surface area contributed by atoms with E-state index in [-0.39, 0.29) is 0 Å². The van der Waals surface area contributed by atoms with Crippen LogP contribution in [0.2, 0.25) is 0 Å². The maximum atomic E-state index is 5.46. The molecule has 0 amide bonds. The molecule has 1 saturated heterocycles. The lowest BCUT2D eigenvalue weighted by atomic mass is 9.97. The molecule has 1 atom stereocenters. The van der Waals surface area contributed by atoms with Crippen molar-refractivity contribution in [1.82, 2.24) is 20.0 Å². The van der Waals surface area contributed by atoms with Crippen molar-refractivity contribution >= 4 is 11.3 Å². The summed E-state index contributed by atoms with van der Waals surface area (Å²) in [6.45, 7) is 4.80. The number of aromatic nitrogens is 3. The minimum atomic E-state index is 0.350. The molecule has 0 radical (unpaired) electrons. The summed E-state index contributed by atoms with van der Waals surface area (Å²) >= 11 is 1.73. The third kappa shape index (κ3) is 3.64. The van der Waals surface area contributed by atoms with Crippen LogP contribution in [-0.4, -0.2) is 40.2 Å². The number of para-hydroxylation sites is 1. The molecule has 136 valence electrons. The molecule has 3 aromatic rings. The molecule has 26 heavy (non-hydrogen) atoms. The summed E-state index contributed by atoms with van der Waals surface area (Å²) in [7, 11) is 1.70. The number of piperidine rings is 1. The van der Waals surface area contributed by atoms with E-state index in [0.29, 0.717) is 11.8 Å². The molecule has 0 saturated carbocycles. The van der Waals surface area contributed by atoms with Crippen molar-refractivity contribution in [2.45, 2.75) is 32.2 Å². The fraction of sp³-hybridized carbons (Fsp3) is 0.421. The standard InChI is InChI=1S/C19H22N4O2S/c1-13-21-18(22-25-13)14-6-5-9-23(11-14)12-15-10-20-19(26-15)16-7-3-4-8-17(16)24-2/h3-4,7-8,10,14H,5-6,9,11-12H2,1-2H3/t14-/m0/s1. The molecule has 0 unspecified atom stereocenters. The number of thiazole rings is 1. The van der Waals surface area contributed by atoms with Crippen molar-refractivity contribution < 1.29 is 9.26 Å². The maximum Gasteiger partial charge on any atom is 0.223 e. The average molecular weight is 370 g/mol. The predicted molar refractivity (Wildman–Crippen MR) is 100 cm³/mol. The zero-order chi connectivity index (χ0) is 17.9. The van der Waals surface area contributed by atoms with Crippen molar-refractivity contribution in [2.75, 3.05) is 20.2 Å². The second-order valence-electron chi connectivity index (χ2n) is 6.58. The van der Waals surface area contributed by atoms with Gasteiger partial charge in [-0.15, -0.1) is 11.3 Å². The van der Waals surface area contributed by atoms with E-state index in [0.717, 1.165) is 54.6 Å². The highest BCUT2D eigenvalue weighted by Crippen LogP contribution is 2.33. The SMILES string of the molecule is COc1ccccc1-c1ncc(CN2CCC[C@H](c3noc(C)n3)C2)s1. The van der Waals surface area contributed by atoms with Crippen molar-refractivity contribution in [1.29, 1.82) is 0 Å². The van der Waals surface area contributed by atoms with E-state index >= 15 is 0 Å². The predicted octanol–water partition coefficient (Wildman–Crippen LogP) is 3.89. The Hall–Kier alpha value is -2.25. The lowest BCUT2D eigenvalue weighted by molar-refractivity contribution is 0.196. The number of hydrogen-bond acceptors (Lipinski definition) is 7. The number of ether oxygens (including phenoxy) is 1. The number of likely N-dealkylation sites (tertiary alicyclic amines) is 1. The van der Waals surface area contributed by atoms with Gasteiger partial charge in [-0.05, 0) is 31.5 Å². The van der Waals surface area contributed by atoms with Gasteiger partial charge in [0.2, 0.25) is 5.89 Å². The summed E-state index contributed by atoms with van der Waals surface area (Å²) in [5.41, 5.74) is 1.05. The third-order valence-electron chi connectivity index (χ3n) is 4.68. The Bertz CT molecular complexity index is 876. The van der Waals surface area contributed by atoms with Gasteiger partial charge >= 0.3 is 0 Å². The fourth-order valence-corrected chi connectivity index (χ4v) is 4.42. The van der Waals surface area contributed by atoms with E-state index in [1.54, 1.807) is 18.4 Å². The van der Waals surface area contributed by atoms with Gasteiger partial charge in [0.25, 0.3) is 0 Å². The van der Waals surface area contributed by atoms with E-state index in [2.05, 4.69) is 26.1 Å². The van der Waals surface area contributed by atoms with E-state index in [4.69, 9.17) is 9.26 Å². The maximum absolute atomic E-state index is 5.46. The molecule has 0 bridgehead atoms. The van der Waals surface area contributed by atoms with E-state index in [1.807, 2.05) is 31.3 Å². The van der Waals surface area contributed by atoms with E-state index < -0.39 is 0 Å². The number of aryl methyl sites for hydroxylation is 1. The van der Waals surface area contributed by atoms with Crippen LogP contribution in [0.1, 0.15) is 35.4 Å². The Labute approximate surface area is 156 Å². The Morgan fingerprint density at radius 1 is 1.35 bits per heavy atom. The van der Waals surface area contributed by atoms with Crippen LogP contribution in [0.4, 0.5) is 0 Å². The highest BCUT2D eigenvalue weighted by molar-refractivity contribution is 7.15. The Morgan fingerprint density at radius 3 is 3.04 bits per heavy atom. The van der Waals surface area contributed by atoms with Crippen molar-refractivity contribution in [3.63, 3.8) is 0 Å². The van der Waals surface area contributed by atoms with Crippen LogP contribution in [0.15, 0.2) is 35.0 Å². The van der Waals surface area contributed by atoms with Gasteiger partial charge in [0.15, 0.2) is 5.82 Å². The zero-order valence-corrected chi connectivity index (χ0v) is 15.8. The number of rotatable bonds is 5. The number of nitrogens with zero attached hydrogens (tertiary/aromatic N) is 4. The number of hydrogen-bond donors (Lipinski definition) is 0. The molecule has 4 rings (SSSR count). The Kier molecular flexibility index (Phi) is 4.99. The van der Waals surface area contributed by atoms with Gasteiger partial charge in [0.05, 0.1) is 12.7 Å². The molecule has 3 heterocycles. The van der Waals surface area contributed by atoms with Crippen LogP contribution >= 0.6 is 11.3 Å². The molecule has 1 fully saturated rings. The lowest BCUT2D eigenvalue weighted by Gasteiger charge is -2.30. The quantitative estimate of drug-likeness (QED) is 0.679. The summed E-state index contributed by atoms with van der Waals surface area (Å²) in [4.78, 5) is 12.7. The van der Waals surface area contributed by atoms with Crippen LogP contribution in [0.3, 0.4) is 0 Å². The van der Waals surface area contributed by atoms with Gasteiger partial charge in [0.1, 0.15) is 10.8 Å². The van der Waals surface area contributed by atoms with Crippen molar-refractivity contribution in [3.05, 3.63) is 47.1 Å². The summed E-state index contributed by atoms with van der Waals surface area (Å²) in [5.74, 6) is 2.69. The smallest absolute Gasteiger partial charge is 0.223 e. The molecule has 6 nitrogen and oxygen atoms in total. The Morgan fingerprint density at radius 2 is 2.23 bits per heavy atom. The van der Waals surface area contributed by atoms with Gasteiger partial charge in [-0.25, -0.2) is 4.98 Å². The third-order valence-corrected chi connectivity index (χ3v) is 5.70. The lowest BCUT2D eigenvalue weighted by Crippen LogP contribution is -2.34. The van der Waals surface area contributed by atoms with E-state index in [1.165, 1.54) is 4.88 Å². The summed E-state index contributed by atoms with van der Waals surface area (Å²) in [5, 5.41) is 5.11.